The maximum atomic E-state index is 11.8. The van der Waals surface area contributed by atoms with E-state index < -0.39 is 11.9 Å². The minimum Gasteiger partial charge on any atom is -0.481 e. The number of carboxylic acid groups (broad SMARTS) is 1. The summed E-state index contributed by atoms with van der Waals surface area (Å²) in [7, 11) is 0. The molecule has 0 aromatic rings. The van der Waals surface area contributed by atoms with Crippen LogP contribution in [0.4, 0.5) is 4.79 Å². The highest BCUT2D eigenvalue weighted by molar-refractivity contribution is 5.78. The van der Waals surface area contributed by atoms with E-state index >= 15 is 0 Å². The first kappa shape index (κ1) is 18.2. The van der Waals surface area contributed by atoms with Crippen LogP contribution in [-0.4, -0.2) is 54.1 Å². The zero-order chi connectivity index (χ0) is 15.5. The molecule has 1 atom stereocenters. The highest BCUT2D eigenvalue weighted by Gasteiger charge is 2.18. The lowest BCUT2D eigenvalue weighted by Crippen LogP contribution is -2.44. The van der Waals surface area contributed by atoms with Gasteiger partial charge in [-0.25, -0.2) is 4.79 Å². The number of carbonyl (C=O) groups is 3. The lowest BCUT2D eigenvalue weighted by molar-refractivity contribution is -0.141. The fourth-order valence-corrected chi connectivity index (χ4v) is 1.51. The van der Waals surface area contributed by atoms with Crippen molar-refractivity contribution in [2.24, 2.45) is 5.92 Å². The molecule has 20 heavy (non-hydrogen) atoms. The molecule has 0 heterocycles. The van der Waals surface area contributed by atoms with Crippen molar-refractivity contribution >= 4 is 17.9 Å². The van der Waals surface area contributed by atoms with Gasteiger partial charge in [-0.05, 0) is 13.3 Å². The molecule has 7 heteroatoms. The topological polar surface area (TPSA) is 98.7 Å². The van der Waals surface area contributed by atoms with Crippen LogP contribution >= 0.6 is 0 Å². The second-order valence-electron chi connectivity index (χ2n) is 4.61. The number of nitrogens with one attached hydrogen (secondary N) is 2. The summed E-state index contributed by atoms with van der Waals surface area (Å²) in [5, 5.41) is 14.2. The van der Waals surface area contributed by atoms with E-state index in [1.165, 1.54) is 4.90 Å². The molecule has 0 aromatic heterocycles. The van der Waals surface area contributed by atoms with E-state index in [9.17, 15) is 14.4 Å². The van der Waals surface area contributed by atoms with Gasteiger partial charge in [0.05, 0.1) is 5.92 Å². The maximum Gasteiger partial charge on any atom is 0.317 e. The molecule has 1 unspecified atom stereocenters. The highest BCUT2D eigenvalue weighted by Crippen LogP contribution is 2.00. The van der Waals surface area contributed by atoms with Crippen LogP contribution in [0.15, 0.2) is 0 Å². The van der Waals surface area contributed by atoms with Gasteiger partial charge >= 0.3 is 12.0 Å². The molecular weight excluding hydrogens is 262 g/mol. The number of rotatable bonds is 9. The Morgan fingerprint density at radius 2 is 1.80 bits per heavy atom. The molecule has 0 bridgehead atoms. The largest absolute Gasteiger partial charge is 0.481 e. The highest BCUT2D eigenvalue weighted by atomic mass is 16.4. The van der Waals surface area contributed by atoms with Gasteiger partial charge < -0.3 is 20.6 Å². The third kappa shape index (κ3) is 7.60. The molecule has 0 saturated heterocycles. The van der Waals surface area contributed by atoms with Gasteiger partial charge in [0.15, 0.2) is 0 Å². The number of carbonyl (C=O) groups excluding carboxylic acids is 2. The number of hydrogen-bond donors (Lipinski definition) is 3. The van der Waals surface area contributed by atoms with E-state index in [1.54, 1.807) is 13.8 Å². The normalized spacial score (nSPS) is 11.6. The molecule has 0 spiro atoms. The maximum absolute atomic E-state index is 11.8. The van der Waals surface area contributed by atoms with Gasteiger partial charge in [0.25, 0.3) is 0 Å². The Hall–Kier alpha value is -1.79. The first-order valence-corrected chi connectivity index (χ1v) is 6.94. The zero-order valence-electron chi connectivity index (χ0n) is 12.4. The number of hydrogen-bond acceptors (Lipinski definition) is 3. The molecule has 0 saturated carbocycles. The predicted molar refractivity (Wildman–Crippen MR) is 75.4 cm³/mol. The fraction of sp³-hybridized carbons (Fsp3) is 0.769. The third-order valence-corrected chi connectivity index (χ3v) is 2.79. The zero-order valence-corrected chi connectivity index (χ0v) is 12.4. The van der Waals surface area contributed by atoms with Gasteiger partial charge in [-0.1, -0.05) is 13.8 Å². The summed E-state index contributed by atoms with van der Waals surface area (Å²) >= 11 is 0. The van der Waals surface area contributed by atoms with Crippen LogP contribution in [0.2, 0.25) is 0 Å². The number of amides is 3. The van der Waals surface area contributed by atoms with Crippen molar-refractivity contribution in [1.29, 1.82) is 0 Å². The fourth-order valence-electron chi connectivity index (χ4n) is 1.51. The third-order valence-electron chi connectivity index (χ3n) is 2.79. The second-order valence-corrected chi connectivity index (χ2v) is 4.61. The average Bonchev–Trinajstić information content (AvgIpc) is 2.41. The molecule has 0 fully saturated rings. The van der Waals surface area contributed by atoms with E-state index in [1.807, 2.05) is 6.92 Å². The van der Waals surface area contributed by atoms with Crippen molar-refractivity contribution < 1.29 is 19.5 Å². The number of aliphatic carboxylic acids is 1. The summed E-state index contributed by atoms with van der Waals surface area (Å²) < 4.78 is 0. The predicted octanol–water partition coefficient (Wildman–Crippen LogP) is 0.655. The van der Waals surface area contributed by atoms with E-state index in [0.29, 0.717) is 13.1 Å². The summed E-state index contributed by atoms with van der Waals surface area (Å²) in [5.41, 5.74) is 0. The Morgan fingerprint density at radius 1 is 1.15 bits per heavy atom. The van der Waals surface area contributed by atoms with Crippen LogP contribution in [0.25, 0.3) is 0 Å². The van der Waals surface area contributed by atoms with Gasteiger partial charge in [0, 0.05) is 32.6 Å². The van der Waals surface area contributed by atoms with Crippen LogP contribution in [0.3, 0.4) is 0 Å². The van der Waals surface area contributed by atoms with Crippen LogP contribution in [0.1, 0.15) is 33.6 Å². The minimum absolute atomic E-state index is 0.103. The quantitative estimate of drug-likeness (QED) is 0.580. The van der Waals surface area contributed by atoms with Gasteiger partial charge in [-0.2, -0.15) is 0 Å². The number of urea groups is 1. The van der Waals surface area contributed by atoms with Gasteiger partial charge in [0.2, 0.25) is 5.91 Å². The smallest absolute Gasteiger partial charge is 0.317 e. The molecule has 0 radical (unpaired) electrons. The minimum atomic E-state index is -0.935. The number of nitrogens with zero attached hydrogens (tertiary/aromatic N) is 1. The van der Waals surface area contributed by atoms with E-state index in [4.69, 9.17) is 5.11 Å². The number of carboxylic acids is 1. The summed E-state index contributed by atoms with van der Waals surface area (Å²) in [4.78, 5) is 35.3. The molecule has 116 valence electrons. The summed E-state index contributed by atoms with van der Waals surface area (Å²) in [5.74, 6) is -1.65. The molecule has 0 aliphatic rings. The molecule has 0 aliphatic carbocycles. The summed E-state index contributed by atoms with van der Waals surface area (Å²) in [6, 6.07) is -0.344. The first-order chi connectivity index (χ1) is 9.42. The summed E-state index contributed by atoms with van der Waals surface area (Å²) in [6.45, 7) is 6.74. The Bertz CT molecular complexity index is 334. The van der Waals surface area contributed by atoms with Crippen molar-refractivity contribution in [3.05, 3.63) is 0 Å². The standard InChI is InChI=1S/C13H25N3O4/c1-4-7-14-11(17)6-8-15-13(20)16(5-2)9-10(3)12(18)19/h10H,4-9H2,1-3H3,(H,14,17)(H,15,20)(H,18,19). The summed E-state index contributed by atoms with van der Waals surface area (Å²) in [6.07, 6.45) is 1.09. The SMILES string of the molecule is CCCNC(=O)CCNC(=O)N(CC)CC(C)C(=O)O. The van der Waals surface area contributed by atoms with Crippen LogP contribution in [-0.2, 0) is 9.59 Å². The van der Waals surface area contributed by atoms with Crippen molar-refractivity contribution in [3.63, 3.8) is 0 Å². The molecule has 3 N–H and O–H groups in total. The van der Waals surface area contributed by atoms with Crippen molar-refractivity contribution in [1.82, 2.24) is 15.5 Å². The molecular formula is C13H25N3O4. The Balaban J connectivity index is 4.04. The molecule has 7 nitrogen and oxygen atoms in total. The van der Waals surface area contributed by atoms with E-state index in [0.717, 1.165) is 6.42 Å². The Kier molecular flexibility index (Phi) is 9.15. The van der Waals surface area contributed by atoms with E-state index in [-0.39, 0.29) is 31.4 Å². The molecule has 0 aromatic carbocycles. The lowest BCUT2D eigenvalue weighted by Gasteiger charge is -2.23. The van der Waals surface area contributed by atoms with Crippen LogP contribution in [0.5, 0.6) is 0 Å². The van der Waals surface area contributed by atoms with Crippen LogP contribution < -0.4 is 10.6 Å². The first-order valence-electron chi connectivity index (χ1n) is 6.94. The van der Waals surface area contributed by atoms with Gasteiger partial charge in [-0.15, -0.1) is 0 Å². The van der Waals surface area contributed by atoms with E-state index in [2.05, 4.69) is 10.6 Å². The molecule has 0 aliphatic heterocycles. The van der Waals surface area contributed by atoms with Crippen LogP contribution in [0, 0.1) is 5.92 Å². The van der Waals surface area contributed by atoms with Crippen molar-refractivity contribution in [3.8, 4) is 0 Å². The lowest BCUT2D eigenvalue weighted by atomic mass is 10.2. The van der Waals surface area contributed by atoms with Gasteiger partial charge in [-0.3, -0.25) is 9.59 Å². The van der Waals surface area contributed by atoms with Crippen molar-refractivity contribution in [2.75, 3.05) is 26.2 Å². The monoisotopic (exact) mass is 287 g/mol. The second kappa shape index (κ2) is 10.1. The van der Waals surface area contributed by atoms with Gasteiger partial charge in [0.1, 0.15) is 0 Å². The Morgan fingerprint density at radius 3 is 2.30 bits per heavy atom. The Labute approximate surface area is 119 Å². The average molecular weight is 287 g/mol. The molecule has 3 amide bonds. The van der Waals surface area contributed by atoms with Crippen molar-refractivity contribution in [2.45, 2.75) is 33.6 Å². The molecule has 0 rings (SSSR count).